The van der Waals surface area contributed by atoms with Crippen LogP contribution in [0.1, 0.15) is 23.8 Å². The second-order valence-electron chi connectivity index (χ2n) is 9.52. The number of hydrogen-bond donors (Lipinski definition) is 3. The average molecular weight is 604 g/mol. The number of halogens is 4. The first-order chi connectivity index (χ1) is 19.7. The van der Waals surface area contributed by atoms with Gasteiger partial charge in [0.05, 0.1) is 24.0 Å². The van der Waals surface area contributed by atoms with Crippen molar-refractivity contribution in [2.24, 2.45) is 0 Å². The molecule has 6 rings (SSSR count). The minimum atomic E-state index is -1.50. The van der Waals surface area contributed by atoms with Crippen LogP contribution in [0, 0.1) is 18.6 Å². The van der Waals surface area contributed by atoms with Gasteiger partial charge in [0.1, 0.15) is 58.6 Å². The Balaban J connectivity index is 1.43. The largest absolute Gasteiger partial charge is 0.394 e. The summed E-state index contributed by atoms with van der Waals surface area (Å²) in [5, 5.41) is 45.6. The zero-order valence-corrected chi connectivity index (χ0v) is 22.6. The van der Waals surface area contributed by atoms with Gasteiger partial charge in [-0.1, -0.05) is 34.5 Å². The van der Waals surface area contributed by atoms with Crippen LogP contribution in [0.3, 0.4) is 0 Å². The highest BCUT2D eigenvalue weighted by molar-refractivity contribution is 6.31. The van der Waals surface area contributed by atoms with Crippen LogP contribution in [-0.2, 0) is 4.74 Å². The highest BCUT2D eigenvalue weighted by Gasteiger charge is 2.48. The van der Waals surface area contributed by atoms with E-state index in [4.69, 9.17) is 27.9 Å². The van der Waals surface area contributed by atoms with E-state index in [0.29, 0.717) is 22.1 Å². The molecule has 0 spiro atoms. The molecule has 3 aromatic heterocycles. The van der Waals surface area contributed by atoms with Gasteiger partial charge in [0.25, 0.3) is 0 Å². The Morgan fingerprint density at radius 3 is 2.56 bits per heavy atom. The third kappa shape index (κ3) is 4.84. The molecule has 0 bridgehead atoms. The smallest absolute Gasteiger partial charge is 0.164 e. The van der Waals surface area contributed by atoms with Gasteiger partial charge in [-0.25, -0.2) is 23.1 Å². The summed E-state index contributed by atoms with van der Waals surface area (Å²) >= 11 is 12.0. The van der Waals surface area contributed by atoms with Gasteiger partial charge >= 0.3 is 0 Å². The van der Waals surface area contributed by atoms with Gasteiger partial charge in [0, 0.05) is 22.2 Å². The molecule has 3 N–H and O–H groups in total. The highest BCUT2D eigenvalue weighted by atomic mass is 35.5. The van der Waals surface area contributed by atoms with Gasteiger partial charge in [-0.3, -0.25) is 4.98 Å². The number of aliphatic hydroxyl groups is 3. The van der Waals surface area contributed by atoms with Crippen molar-refractivity contribution >= 4 is 34.1 Å². The minimum absolute atomic E-state index is 0.0395. The van der Waals surface area contributed by atoms with Gasteiger partial charge in [-0.05, 0) is 37.3 Å². The molecule has 212 valence electrons. The number of benzene rings is 2. The second kappa shape index (κ2) is 10.7. The van der Waals surface area contributed by atoms with Crippen molar-refractivity contribution in [2.45, 2.75) is 37.4 Å². The van der Waals surface area contributed by atoms with E-state index in [2.05, 4.69) is 25.4 Å². The van der Waals surface area contributed by atoms with Crippen LogP contribution in [-0.4, -0.2) is 75.0 Å². The summed E-state index contributed by atoms with van der Waals surface area (Å²) in [6.07, 6.45) is -2.43. The number of fused-ring (bicyclic) bond motifs is 1. The molecule has 1 aliphatic heterocycles. The maximum absolute atomic E-state index is 14.1. The molecule has 1 fully saturated rings. The summed E-state index contributed by atoms with van der Waals surface area (Å²) in [6.45, 7) is 1.05. The van der Waals surface area contributed by atoms with Gasteiger partial charge in [-0.2, -0.15) is 5.10 Å². The number of hydrogen-bond acceptors (Lipinski definition) is 9. The predicted octanol–water partition coefficient (Wildman–Crippen LogP) is 3.36. The molecule has 2 aromatic carbocycles. The first-order valence-corrected chi connectivity index (χ1v) is 13.1. The lowest BCUT2D eigenvalue weighted by atomic mass is 9.92. The fraction of sp³-hybridized carbons (Fsp3) is 0.269. The van der Waals surface area contributed by atoms with Crippen molar-refractivity contribution < 1.29 is 28.8 Å². The Bertz CT molecular complexity index is 1740. The first-order valence-electron chi connectivity index (χ1n) is 12.3. The van der Waals surface area contributed by atoms with Gasteiger partial charge < -0.3 is 20.1 Å². The van der Waals surface area contributed by atoms with Crippen LogP contribution >= 0.6 is 23.2 Å². The molecule has 0 radical (unpaired) electrons. The zero-order chi connectivity index (χ0) is 29.0. The maximum atomic E-state index is 14.1. The third-order valence-corrected chi connectivity index (χ3v) is 7.44. The molecule has 5 aromatic rings. The fourth-order valence-corrected chi connectivity index (χ4v) is 5.31. The number of rotatable bonds is 5. The number of pyridine rings is 1. The van der Waals surface area contributed by atoms with Crippen LogP contribution in [0.15, 0.2) is 48.8 Å². The van der Waals surface area contributed by atoms with Crippen molar-refractivity contribution in [2.75, 3.05) is 6.61 Å². The molecule has 5 atom stereocenters. The van der Waals surface area contributed by atoms with E-state index < -0.39 is 53.7 Å². The summed E-state index contributed by atoms with van der Waals surface area (Å²) in [5.41, 5.74) is 1.13. The highest BCUT2D eigenvalue weighted by Crippen LogP contribution is 2.39. The number of aromatic nitrogens is 7. The molecule has 1 saturated heterocycles. The summed E-state index contributed by atoms with van der Waals surface area (Å²) in [7, 11) is 0. The molecule has 41 heavy (non-hydrogen) atoms. The molecule has 0 unspecified atom stereocenters. The number of aryl methyl sites for hydroxylation is 1. The average Bonchev–Trinajstić information content (AvgIpc) is 3.58. The molecule has 0 aliphatic carbocycles. The monoisotopic (exact) mass is 603 g/mol. The van der Waals surface area contributed by atoms with Crippen LogP contribution < -0.4 is 0 Å². The van der Waals surface area contributed by atoms with Crippen molar-refractivity contribution in [3.8, 4) is 16.9 Å². The van der Waals surface area contributed by atoms with Crippen molar-refractivity contribution in [3.05, 3.63) is 82.1 Å². The lowest BCUT2D eigenvalue weighted by Crippen LogP contribution is -2.53. The molecular weight excluding hydrogens is 583 g/mol. The number of nitrogens with zero attached hydrogens (tertiary/aromatic N) is 7. The van der Waals surface area contributed by atoms with E-state index in [0.717, 1.165) is 22.2 Å². The van der Waals surface area contributed by atoms with Crippen LogP contribution in [0.2, 0.25) is 10.0 Å². The van der Waals surface area contributed by atoms with Crippen LogP contribution in [0.5, 0.6) is 0 Å². The Labute approximate surface area is 240 Å². The van der Waals surface area contributed by atoms with E-state index in [-0.39, 0.29) is 17.1 Å². The Hall–Kier alpha value is -3.59. The van der Waals surface area contributed by atoms with Crippen molar-refractivity contribution in [1.29, 1.82) is 0 Å². The second-order valence-corrected chi connectivity index (χ2v) is 10.3. The SMILES string of the molecule is Cc1nc([C@@H]2O[C@H](CO)[C@H](O)[C@H](n3cc(-c4cc(F)c(Cl)c(F)c4)nn3)[C@H]2O)n(-c2cc(Cl)cc3cccnc23)n1. The van der Waals surface area contributed by atoms with E-state index in [1.165, 1.54) is 10.9 Å². The van der Waals surface area contributed by atoms with Crippen LogP contribution in [0.25, 0.3) is 27.8 Å². The zero-order valence-electron chi connectivity index (χ0n) is 21.1. The van der Waals surface area contributed by atoms with E-state index in [9.17, 15) is 24.1 Å². The molecule has 0 amide bonds. The minimum Gasteiger partial charge on any atom is -0.394 e. The lowest BCUT2D eigenvalue weighted by Gasteiger charge is -2.41. The predicted molar refractivity (Wildman–Crippen MR) is 143 cm³/mol. The van der Waals surface area contributed by atoms with Gasteiger partial charge in [0.2, 0.25) is 0 Å². The van der Waals surface area contributed by atoms with Crippen LogP contribution in [0.4, 0.5) is 8.78 Å². The first kappa shape index (κ1) is 27.6. The summed E-state index contributed by atoms with van der Waals surface area (Å²) in [6, 6.07) is 7.76. The maximum Gasteiger partial charge on any atom is 0.164 e. The standard InChI is InChI=1S/C26H21Cl2F2N7O4/c1-11-32-26(37(34-11)18-8-14(27)5-12-3-2-4-31-21(12)18)25-24(40)22(23(39)19(10-38)41-25)36-9-17(33-35-36)13-6-15(29)20(28)16(30)7-13/h2-9,19,22-25,38-40H,10H2,1H3/t19-,22+,23+,24-,25-/m1/s1. The summed E-state index contributed by atoms with van der Waals surface area (Å²) < 4.78 is 36.7. The van der Waals surface area contributed by atoms with E-state index in [1.807, 2.05) is 6.07 Å². The fourth-order valence-electron chi connectivity index (χ4n) is 4.98. The van der Waals surface area contributed by atoms with Crippen molar-refractivity contribution in [3.63, 3.8) is 0 Å². The van der Waals surface area contributed by atoms with Crippen molar-refractivity contribution in [1.82, 2.24) is 34.7 Å². The number of ether oxygens (including phenoxy) is 1. The molecule has 15 heteroatoms. The molecule has 1 aliphatic rings. The third-order valence-electron chi connectivity index (χ3n) is 6.86. The van der Waals surface area contributed by atoms with Gasteiger partial charge in [0.15, 0.2) is 5.82 Å². The normalized spacial score (nSPS) is 22.9. The number of aliphatic hydroxyl groups excluding tert-OH is 3. The molecule has 11 nitrogen and oxygen atoms in total. The van der Waals surface area contributed by atoms with E-state index >= 15 is 0 Å². The Morgan fingerprint density at radius 2 is 1.83 bits per heavy atom. The summed E-state index contributed by atoms with van der Waals surface area (Å²) in [4.78, 5) is 8.95. The molecular formula is C26H21Cl2F2N7O4. The molecule has 4 heterocycles. The molecule has 0 saturated carbocycles. The lowest BCUT2D eigenvalue weighted by molar-refractivity contribution is -0.210. The Kier molecular flexibility index (Phi) is 7.18. The topological polar surface area (TPSA) is 144 Å². The Morgan fingerprint density at radius 1 is 1.07 bits per heavy atom. The quantitative estimate of drug-likeness (QED) is 0.257. The van der Waals surface area contributed by atoms with Gasteiger partial charge in [-0.15, -0.1) is 5.10 Å². The summed E-state index contributed by atoms with van der Waals surface area (Å²) in [5.74, 6) is -1.47. The van der Waals surface area contributed by atoms with E-state index in [1.54, 1.807) is 31.3 Å².